The summed E-state index contributed by atoms with van der Waals surface area (Å²) in [5.41, 5.74) is -5.44. The topological polar surface area (TPSA) is 107 Å². The van der Waals surface area contributed by atoms with Crippen LogP contribution in [0.1, 0.15) is 16.7 Å². The van der Waals surface area contributed by atoms with E-state index in [9.17, 15) is 38.4 Å². The monoisotopic (exact) mass is 363 g/mol. The lowest BCUT2D eigenvalue weighted by Crippen LogP contribution is -2.47. The molecule has 0 saturated carbocycles. The van der Waals surface area contributed by atoms with Crippen LogP contribution in [0.25, 0.3) is 0 Å². The number of aliphatic carboxylic acids is 1. The Bertz CT molecular complexity index is 891. The van der Waals surface area contributed by atoms with E-state index in [1.807, 2.05) is 0 Å². The van der Waals surface area contributed by atoms with E-state index in [-0.39, 0.29) is 0 Å². The lowest BCUT2D eigenvalue weighted by Gasteiger charge is -2.28. The summed E-state index contributed by atoms with van der Waals surface area (Å²) in [6.07, 6.45) is -5.46. The molecule has 1 atom stereocenters. The maximum Gasteiger partial charge on any atom is 0.416 e. The lowest BCUT2D eigenvalue weighted by molar-refractivity contribution is -0.386. The van der Waals surface area contributed by atoms with Crippen molar-refractivity contribution in [2.45, 2.75) is 18.0 Å². The predicted molar refractivity (Wildman–Crippen MR) is 80.5 cm³/mol. The molecular weight excluding hydrogens is 353 g/mol. The zero-order chi connectivity index (χ0) is 19.5. The number of carbonyl (C=O) groups excluding carboxylic acids is 1. The van der Waals surface area contributed by atoms with Gasteiger partial charge in [0.2, 0.25) is 0 Å². The lowest BCUT2D eigenvalue weighted by atomic mass is 9.75. The van der Waals surface area contributed by atoms with Gasteiger partial charge < -0.3 is 9.90 Å². The van der Waals surface area contributed by atoms with E-state index in [1.54, 1.807) is 6.07 Å². The van der Waals surface area contributed by atoms with Crippen LogP contribution >= 0.6 is 0 Å². The molecule has 1 unspecified atom stereocenters. The Morgan fingerprint density at radius 3 is 2.23 bits per heavy atom. The number of alkyl halides is 3. The molecule has 0 fully saturated rings. The largest absolute Gasteiger partial charge is 0.548 e. The van der Waals surface area contributed by atoms with Crippen molar-refractivity contribution in [2.75, 3.05) is 0 Å². The molecule has 0 aliphatic heterocycles. The van der Waals surface area contributed by atoms with Crippen LogP contribution < -0.4 is 5.11 Å². The molecule has 0 N–H and O–H groups in total. The third-order valence-electron chi connectivity index (χ3n) is 3.83. The highest BCUT2D eigenvalue weighted by Crippen LogP contribution is 2.39. The Hall–Kier alpha value is -3.41. The fraction of sp³-hybridized carbons (Fsp3) is 0.176. The quantitative estimate of drug-likeness (QED) is 0.599. The molecule has 2 rings (SSSR count). The molecule has 2 aromatic rings. The average Bonchev–Trinajstić information content (AvgIpc) is 2.59. The van der Waals surface area contributed by atoms with E-state index < -0.39 is 45.7 Å². The summed E-state index contributed by atoms with van der Waals surface area (Å²) in [5.74, 6) is -2.02. The van der Waals surface area contributed by atoms with Gasteiger partial charge in [-0.25, -0.2) is 0 Å². The summed E-state index contributed by atoms with van der Waals surface area (Å²) in [4.78, 5) is 21.9. The number of carbonyl (C=O) groups is 1. The highest BCUT2D eigenvalue weighted by molar-refractivity contribution is 5.86. The summed E-state index contributed by atoms with van der Waals surface area (Å²) in [7, 11) is 0. The maximum atomic E-state index is 13.0. The summed E-state index contributed by atoms with van der Waals surface area (Å²) in [6.45, 7) is 0. The summed E-state index contributed by atoms with van der Waals surface area (Å²) in [6, 6.07) is 10.3. The molecule has 0 amide bonds. The molecule has 2 aromatic carbocycles. The molecular formula is C17H10F3N2O4-. The number of nitrogens with zero attached hydrogens (tertiary/aromatic N) is 2. The van der Waals surface area contributed by atoms with Crippen LogP contribution in [0.15, 0.2) is 48.5 Å². The number of nitro groups is 1. The van der Waals surface area contributed by atoms with Crippen LogP contribution in [0, 0.1) is 21.4 Å². The number of benzene rings is 2. The number of hydrogen-bond acceptors (Lipinski definition) is 5. The second kappa shape index (κ2) is 6.84. The Morgan fingerprint density at radius 1 is 1.15 bits per heavy atom. The van der Waals surface area contributed by atoms with Gasteiger partial charge in [0.05, 0.1) is 28.1 Å². The molecule has 0 saturated heterocycles. The zero-order valence-corrected chi connectivity index (χ0v) is 13.0. The Labute approximate surface area is 145 Å². The predicted octanol–water partition coefficient (Wildman–Crippen LogP) is 2.37. The van der Waals surface area contributed by atoms with Gasteiger partial charge in [-0.15, -0.1) is 0 Å². The number of carboxylic acid groups (broad SMARTS) is 1. The Kier molecular flexibility index (Phi) is 4.98. The van der Waals surface area contributed by atoms with Crippen molar-refractivity contribution < 1.29 is 28.0 Å². The molecule has 0 aliphatic carbocycles. The van der Waals surface area contributed by atoms with Crippen molar-refractivity contribution in [3.63, 3.8) is 0 Å². The molecule has 0 radical (unpaired) electrons. The number of nitro benzene ring substituents is 1. The standard InChI is InChI=1S/C17H11F3N2O4/c18-17(19,20)12-6-7-14(22(25)26)13(8-12)16(10-21,15(23)24)9-11-4-2-1-3-5-11/h1-8H,9H2,(H,23,24)/p-1. The van der Waals surface area contributed by atoms with Crippen molar-refractivity contribution >= 4 is 11.7 Å². The van der Waals surface area contributed by atoms with Gasteiger partial charge in [-0.2, -0.15) is 18.4 Å². The van der Waals surface area contributed by atoms with Gasteiger partial charge in [0.15, 0.2) is 0 Å². The van der Waals surface area contributed by atoms with Gasteiger partial charge in [-0.05, 0) is 17.7 Å². The van der Waals surface area contributed by atoms with Crippen molar-refractivity contribution in [3.8, 4) is 6.07 Å². The van der Waals surface area contributed by atoms with E-state index in [0.29, 0.717) is 23.8 Å². The first kappa shape index (κ1) is 18.9. The Balaban J connectivity index is 2.77. The maximum absolute atomic E-state index is 13.0. The van der Waals surface area contributed by atoms with E-state index in [1.165, 1.54) is 30.3 Å². The Morgan fingerprint density at radius 2 is 1.77 bits per heavy atom. The number of carboxylic acids is 1. The van der Waals surface area contributed by atoms with Crippen molar-refractivity contribution in [1.29, 1.82) is 5.26 Å². The first-order valence-electron chi connectivity index (χ1n) is 7.14. The van der Waals surface area contributed by atoms with Crippen LogP contribution in [0.2, 0.25) is 0 Å². The molecule has 26 heavy (non-hydrogen) atoms. The second-order valence-corrected chi connectivity index (χ2v) is 5.45. The molecule has 9 heteroatoms. The fourth-order valence-corrected chi connectivity index (χ4v) is 2.54. The molecule has 0 spiro atoms. The fourth-order valence-electron chi connectivity index (χ4n) is 2.54. The first-order valence-corrected chi connectivity index (χ1v) is 7.14. The smallest absolute Gasteiger partial charge is 0.416 e. The zero-order valence-electron chi connectivity index (χ0n) is 13.0. The molecule has 0 aliphatic rings. The van der Waals surface area contributed by atoms with E-state index in [2.05, 4.69) is 0 Å². The number of halogens is 3. The van der Waals surface area contributed by atoms with Crippen molar-refractivity contribution in [2.24, 2.45) is 0 Å². The van der Waals surface area contributed by atoms with Crippen LogP contribution in [0.3, 0.4) is 0 Å². The minimum atomic E-state index is -4.87. The number of hydrogen-bond donors (Lipinski definition) is 0. The van der Waals surface area contributed by atoms with Crippen LogP contribution in [-0.2, 0) is 22.8 Å². The minimum absolute atomic E-state index is 0.296. The third kappa shape index (κ3) is 3.49. The van der Waals surface area contributed by atoms with E-state index in [4.69, 9.17) is 0 Å². The average molecular weight is 363 g/mol. The van der Waals surface area contributed by atoms with Crippen molar-refractivity contribution in [1.82, 2.24) is 0 Å². The number of nitriles is 1. The molecule has 6 nitrogen and oxygen atoms in total. The van der Waals surface area contributed by atoms with Gasteiger partial charge in [0, 0.05) is 12.5 Å². The van der Waals surface area contributed by atoms with Gasteiger partial charge in [-0.3, -0.25) is 10.1 Å². The highest BCUT2D eigenvalue weighted by Gasteiger charge is 2.42. The SMILES string of the molecule is N#CC(Cc1ccccc1)(C(=O)[O-])c1cc(C(F)(F)F)ccc1[N+](=O)[O-]. The number of rotatable bonds is 5. The van der Waals surface area contributed by atoms with Gasteiger partial charge in [0.1, 0.15) is 5.41 Å². The highest BCUT2D eigenvalue weighted by atomic mass is 19.4. The van der Waals surface area contributed by atoms with Crippen LogP contribution in [-0.4, -0.2) is 10.9 Å². The summed E-state index contributed by atoms with van der Waals surface area (Å²) < 4.78 is 39.0. The van der Waals surface area contributed by atoms with Crippen LogP contribution in [0.4, 0.5) is 18.9 Å². The second-order valence-electron chi connectivity index (χ2n) is 5.45. The van der Waals surface area contributed by atoms with Gasteiger partial charge in [-0.1, -0.05) is 30.3 Å². The van der Waals surface area contributed by atoms with Crippen LogP contribution in [0.5, 0.6) is 0 Å². The molecule has 0 heterocycles. The molecule has 0 aromatic heterocycles. The van der Waals surface area contributed by atoms with Crippen molar-refractivity contribution in [3.05, 3.63) is 75.3 Å². The third-order valence-corrected chi connectivity index (χ3v) is 3.83. The van der Waals surface area contributed by atoms with Gasteiger partial charge >= 0.3 is 6.18 Å². The molecule has 0 bridgehead atoms. The minimum Gasteiger partial charge on any atom is -0.548 e. The first-order chi connectivity index (χ1) is 12.1. The summed E-state index contributed by atoms with van der Waals surface area (Å²) >= 11 is 0. The van der Waals surface area contributed by atoms with Gasteiger partial charge in [0.25, 0.3) is 5.69 Å². The van der Waals surface area contributed by atoms with E-state index in [0.717, 1.165) is 0 Å². The summed E-state index contributed by atoms with van der Waals surface area (Å²) in [5, 5.41) is 32.5. The normalized spacial score (nSPS) is 13.5. The molecule has 134 valence electrons. The van der Waals surface area contributed by atoms with E-state index >= 15 is 0 Å².